The Bertz CT molecular complexity index is 1150. The van der Waals surface area contributed by atoms with Gasteiger partial charge in [-0.1, -0.05) is 88.4 Å². The van der Waals surface area contributed by atoms with E-state index in [9.17, 15) is 14.4 Å². The molecule has 0 aliphatic heterocycles. The van der Waals surface area contributed by atoms with Crippen molar-refractivity contribution in [3.8, 4) is 0 Å². The van der Waals surface area contributed by atoms with Crippen molar-refractivity contribution in [2.45, 2.75) is 98.0 Å². The van der Waals surface area contributed by atoms with Crippen LogP contribution >= 0.6 is 0 Å². The number of nitrogens with one attached hydrogen (secondary N) is 2. The van der Waals surface area contributed by atoms with Crippen molar-refractivity contribution >= 4 is 24.0 Å². The first-order valence-corrected chi connectivity index (χ1v) is 14.1. The maximum Gasteiger partial charge on any atom is 0.408 e. The van der Waals surface area contributed by atoms with Crippen molar-refractivity contribution in [2.75, 3.05) is 0 Å². The molecule has 2 aromatic carbocycles. The van der Waals surface area contributed by atoms with E-state index in [1.54, 1.807) is 31.7 Å². The highest BCUT2D eigenvalue weighted by atomic mass is 16.6. The average molecular weight is 550 g/mol. The van der Waals surface area contributed by atoms with Gasteiger partial charge >= 0.3 is 6.09 Å². The zero-order valence-electron chi connectivity index (χ0n) is 25.4. The lowest BCUT2D eigenvalue weighted by Gasteiger charge is -2.45. The zero-order chi connectivity index (χ0) is 30.1. The number of alkyl carbamates (subject to hydrolysis) is 1. The van der Waals surface area contributed by atoms with Crippen LogP contribution in [0, 0.1) is 5.92 Å². The molecule has 0 aliphatic carbocycles. The van der Waals surface area contributed by atoms with Crippen LogP contribution in [0.1, 0.15) is 91.0 Å². The Morgan fingerprint density at radius 1 is 1.00 bits per heavy atom. The summed E-state index contributed by atoms with van der Waals surface area (Å²) in [6.07, 6.45) is 2.27. The molecule has 0 aromatic heterocycles. The summed E-state index contributed by atoms with van der Waals surface area (Å²) in [5, 5.41) is 5.88. The fourth-order valence-electron chi connectivity index (χ4n) is 4.37. The van der Waals surface area contributed by atoms with Gasteiger partial charge in [0.2, 0.25) is 11.8 Å². The number of rotatable bonds is 12. The number of amides is 3. The highest BCUT2D eigenvalue weighted by molar-refractivity contribution is 5.93. The van der Waals surface area contributed by atoms with E-state index in [0.717, 1.165) is 11.1 Å². The van der Waals surface area contributed by atoms with Crippen LogP contribution in [-0.4, -0.2) is 40.0 Å². The SMILES string of the molecule is C=Cc1cccc(C(C(=O)NCc2ccccc2)N(C(=O)C(NC(=O)OC(C)(C)C)C(C)CC)C(C)(C)CC)c1. The van der Waals surface area contributed by atoms with Gasteiger partial charge in [-0.05, 0) is 69.7 Å². The first-order valence-electron chi connectivity index (χ1n) is 14.1. The summed E-state index contributed by atoms with van der Waals surface area (Å²) in [6.45, 7) is 19.3. The predicted octanol–water partition coefficient (Wildman–Crippen LogP) is 6.64. The lowest BCUT2D eigenvalue weighted by molar-refractivity contribution is -0.150. The van der Waals surface area contributed by atoms with E-state index < -0.39 is 29.3 Å². The molecule has 218 valence electrons. The molecule has 0 saturated heterocycles. The molecular weight excluding hydrogens is 502 g/mol. The largest absolute Gasteiger partial charge is 0.444 e. The molecule has 0 heterocycles. The van der Waals surface area contributed by atoms with Gasteiger partial charge in [-0.3, -0.25) is 9.59 Å². The molecule has 2 N–H and O–H groups in total. The third-order valence-electron chi connectivity index (χ3n) is 7.18. The second-order valence-corrected chi connectivity index (χ2v) is 11.9. The van der Waals surface area contributed by atoms with Crippen LogP contribution in [0.2, 0.25) is 0 Å². The van der Waals surface area contributed by atoms with E-state index in [1.807, 2.05) is 89.2 Å². The maximum absolute atomic E-state index is 14.6. The van der Waals surface area contributed by atoms with Gasteiger partial charge in [0.05, 0.1) is 0 Å². The number of ether oxygens (including phenoxy) is 1. The van der Waals surface area contributed by atoms with Crippen LogP contribution in [0.25, 0.3) is 6.08 Å². The summed E-state index contributed by atoms with van der Waals surface area (Å²) >= 11 is 0. The summed E-state index contributed by atoms with van der Waals surface area (Å²) in [5.41, 5.74) is 1.01. The Hall–Kier alpha value is -3.61. The molecule has 3 unspecified atom stereocenters. The highest BCUT2D eigenvalue weighted by Gasteiger charge is 2.44. The molecule has 2 rings (SSSR count). The molecule has 0 saturated carbocycles. The lowest BCUT2D eigenvalue weighted by atomic mass is 9.89. The molecule has 3 amide bonds. The highest BCUT2D eigenvalue weighted by Crippen LogP contribution is 2.34. The van der Waals surface area contributed by atoms with E-state index in [0.29, 0.717) is 24.9 Å². The van der Waals surface area contributed by atoms with Crippen molar-refractivity contribution in [1.29, 1.82) is 0 Å². The summed E-state index contributed by atoms with van der Waals surface area (Å²) in [4.78, 5) is 43.1. The van der Waals surface area contributed by atoms with Crippen LogP contribution in [0.4, 0.5) is 4.79 Å². The minimum atomic E-state index is -0.946. The van der Waals surface area contributed by atoms with E-state index in [4.69, 9.17) is 4.74 Å². The van der Waals surface area contributed by atoms with Crippen molar-refractivity contribution in [2.24, 2.45) is 5.92 Å². The molecule has 0 fully saturated rings. The van der Waals surface area contributed by atoms with Gasteiger partial charge in [0.25, 0.3) is 0 Å². The molecule has 0 bridgehead atoms. The molecule has 0 spiro atoms. The maximum atomic E-state index is 14.6. The van der Waals surface area contributed by atoms with Crippen LogP contribution in [0.3, 0.4) is 0 Å². The number of hydrogen-bond acceptors (Lipinski definition) is 4. The minimum Gasteiger partial charge on any atom is -0.444 e. The standard InChI is InChI=1S/C33H47N3O4/c1-10-23(4)27(35-31(39)40-32(5,6)7)30(38)36(33(8,9)12-3)28(26-20-16-19-24(11-2)21-26)29(37)34-22-25-17-14-13-15-18-25/h11,13-21,23,27-28H,2,10,12,22H2,1,3-9H3,(H,34,37)(H,35,39). The number of hydrogen-bond donors (Lipinski definition) is 2. The fourth-order valence-corrected chi connectivity index (χ4v) is 4.37. The van der Waals surface area contributed by atoms with Crippen molar-refractivity contribution in [3.05, 3.63) is 77.9 Å². The third-order valence-corrected chi connectivity index (χ3v) is 7.18. The first-order chi connectivity index (χ1) is 18.7. The van der Waals surface area contributed by atoms with Gasteiger partial charge in [-0.2, -0.15) is 0 Å². The number of carbonyl (C=O) groups is 3. The Kier molecular flexibility index (Phi) is 11.5. The normalized spacial score (nSPS) is 13.9. The summed E-state index contributed by atoms with van der Waals surface area (Å²) in [6, 6.07) is 15.3. The van der Waals surface area contributed by atoms with E-state index in [1.165, 1.54) is 0 Å². The predicted molar refractivity (Wildman–Crippen MR) is 161 cm³/mol. The third kappa shape index (κ3) is 8.97. The van der Waals surface area contributed by atoms with Gasteiger partial charge in [0.15, 0.2) is 0 Å². The Morgan fingerprint density at radius 3 is 2.20 bits per heavy atom. The van der Waals surface area contributed by atoms with Crippen LogP contribution in [-0.2, 0) is 20.9 Å². The van der Waals surface area contributed by atoms with Gasteiger partial charge < -0.3 is 20.3 Å². The summed E-state index contributed by atoms with van der Waals surface area (Å²) < 4.78 is 5.50. The summed E-state index contributed by atoms with van der Waals surface area (Å²) in [7, 11) is 0. The molecule has 7 heteroatoms. The summed E-state index contributed by atoms with van der Waals surface area (Å²) in [5.74, 6) is -0.848. The van der Waals surface area contributed by atoms with Crippen molar-refractivity contribution in [1.82, 2.24) is 15.5 Å². The Balaban J connectivity index is 2.62. The topological polar surface area (TPSA) is 87.7 Å². The second kappa shape index (κ2) is 14.1. The molecule has 0 aliphatic rings. The molecule has 40 heavy (non-hydrogen) atoms. The zero-order valence-corrected chi connectivity index (χ0v) is 25.4. The molecule has 3 atom stereocenters. The average Bonchev–Trinajstić information content (AvgIpc) is 2.92. The van der Waals surface area contributed by atoms with Gasteiger partial charge in [0.1, 0.15) is 17.7 Å². The van der Waals surface area contributed by atoms with Crippen LogP contribution in [0.15, 0.2) is 61.2 Å². The van der Waals surface area contributed by atoms with Crippen LogP contribution < -0.4 is 10.6 Å². The Labute approximate surface area is 240 Å². The molecule has 7 nitrogen and oxygen atoms in total. The van der Waals surface area contributed by atoms with Crippen molar-refractivity contribution in [3.63, 3.8) is 0 Å². The van der Waals surface area contributed by atoms with E-state index in [2.05, 4.69) is 17.2 Å². The number of carbonyl (C=O) groups excluding carboxylic acids is 3. The monoisotopic (exact) mass is 549 g/mol. The number of benzene rings is 2. The van der Waals surface area contributed by atoms with Gasteiger partial charge in [0, 0.05) is 12.1 Å². The molecule has 2 aromatic rings. The molecular formula is C33H47N3O4. The number of nitrogens with zero attached hydrogens (tertiary/aromatic N) is 1. The first kappa shape index (κ1) is 32.6. The second-order valence-electron chi connectivity index (χ2n) is 11.9. The fraction of sp³-hybridized carbons (Fsp3) is 0.485. The van der Waals surface area contributed by atoms with Crippen LogP contribution in [0.5, 0.6) is 0 Å². The quantitative estimate of drug-likeness (QED) is 0.311. The Morgan fingerprint density at radius 2 is 1.65 bits per heavy atom. The molecule has 0 radical (unpaired) electrons. The van der Waals surface area contributed by atoms with Crippen molar-refractivity contribution < 1.29 is 19.1 Å². The van der Waals surface area contributed by atoms with Gasteiger partial charge in [-0.15, -0.1) is 0 Å². The lowest BCUT2D eigenvalue weighted by Crippen LogP contribution is -2.60. The van der Waals surface area contributed by atoms with E-state index in [-0.39, 0.29) is 17.7 Å². The minimum absolute atomic E-state index is 0.206. The van der Waals surface area contributed by atoms with E-state index >= 15 is 0 Å². The van der Waals surface area contributed by atoms with Gasteiger partial charge in [-0.25, -0.2) is 4.79 Å². The smallest absolute Gasteiger partial charge is 0.408 e.